The lowest BCUT2D eigenvalue weighted by molar-refractivity contribution is 0.0175. The Bertz CT molecular complexity index is 872. The molecule has 8 nitrogen and oxygen atoms in total. The summed E-state index contributed by atoms with van der Waals surface area (Å²) in [5, 5.41) is 4.08. The molecule has 2 unspecified atom stereocenters. The summed E-state index contributed by atoms with van der Waals surface area (Å²) in [6.07, 6.45) is 1.83. The minimum absolute atomic E-state index is 0.110. The molecule has 0 spiro atoms. The van der Waals surface area contributed by atoms with Crippen molar-refractivity contribution in [2.45, 2.75) is 6.10 Å². The molecule has 22 heavy (non-hydrogen) atoms. The van der Waals surface area contributed by atoms with Gasteiger partial charge in [-0.25, -0.2) is 4.98 Å². The van der Waals surface area contributed by atoms with E-state index in [2.05, 4.69) is 10.1 Å². The van der Waals surface area contributed by atoms with Crippen LogP contribution in [-0.4, -0.2) is 44.7 Å². The van der Waals surface area contributed by atoms with E-state index in [1.807, 2.05) is 0 Å². The first-order chi connectivity index (χ1) is 10.5. The number of benzene rings is 1. The predicted octanol–water partition coefficient (Wildman–Crippen LogP) is 0.915. The molecule has 0 N–H and O–H groups in total. The summed E-state index contributed by atoms with van der Waals surface area (Å²) in [5.41, 5.74) is 2.65. The van der Waals surface area contributed by atoms with E-state index in [1.165, 1.54) is 6.39 Å². The van der Waals surface area contributed by atoms with Crippen LogP contribution < -0.4 is 4.74 Å². The van der Waals surface area contributed by atoms with Gasteiger partial charge >= 0.3 is 0 Å². The summed E-state index contributed by atoms with van der Waals surface area (Å²) in [6, 6.07) is 3.61. The van der Waals surface area contributed by atoms with Crippen molar-refractivity contribution in [1.82, 2.24) is 4.98 Å². The molecule has 0 fully saturated rings. The minimum atomic E-state index is -3.54. The molecule has 2 atom stereocenters. The van der Waals surface area contributed by atoms with Gasteiger partial charge in [-0.3, -0.25) is 4.18 Å². The number of aromatic nitrogens is 1. The maximum absolute atomic E-state index is 11.1. The van der Waals surface area contributed by atoms with Crippen LogP contribution in [0.5, 0.6) is 5.75 Å². The number of hydrogen-bond acceptors (Lipinski definition) is 8. The first-order valence-electron chi connectivity index (χ1n) is 6.60. The highest BCUT2D eigenvalue weighted by Crippen LogP contribution is 2.38. The van der Waals surface area contributed by atoms with E-state index >= 15 is 0 Å². The summed E-state index contributed by atoms with van der Waals surface area (Å²) in [5.74, 6) is 0.428. The molecule has 4 rings (SSSR count). The Hall–Kier alpha value is -2.13. The molecular weight excluding hydrogens is 312 g/mol. The lowest BCUT2D eigenvalue weighted by Gasteiger charge is -2.24. The molecule has 0 bridgehead atoms. The fraction of sp³-hybridized carbons (Fsp3) is 0.385. The second-order valence-electron chi connectivity index (χ2n) is 5.17. The Kier molecular flexibility index (Phi) is 2.88. The van der Waals surface area contributed by atoms with Gasteiger partial charge in [0.15, 0.2) is 18.1 Å². The van der Waals surface area contributed by atoms with Crippen LogP contribution in [0, 0.1) is 5.92 Å². The van der Waals surface area contributed by atoms with E-state index in [-0.39, 0.29) is 12.5 Å². The number of oxime groups is 1. The van der Waals surface area contributed by atoms with E-state index in [9.17, 15) is 8.42 Å². The molecule has 9 heteroatoms. The quantitative estimate of drug-likeness (QED) is 0.774. The van der Waals surface area contributed by atoms with E-state index in [4.69, 9.17) is 18.2 Å². The van der Waals surface area contributed by atoms with Crippen molar-refractivity contribution >= 4 is 26.9 Å². The highest BCUT2D eigenvalue weighted by Gasteiger charge is 2.42. The van der Waals surface area contributed by atoms with Crippen molar-refractivity contribution in [2.75, 3.05) is 19.5 Å². The Balaban J connectivity index is 1.68. The fourth-order valence-electron chi connectivity index (χ4n) is 2.65. The van der Waals surface area contributed by atoms with Crippen molar-refractivity contribution < 1.29 is 26.6 Å². The monoisotopic (exact) mass is 324 g/mol. The summed E-state index contributed by atoms with van der Waals surface area (Å²) in [4.78, 5) is 9.44. The highest BCUT2D eigenvalue weighted by atomic mass is 32.2. The molecule has 1 aromatic heterocycles. The summed E-state index contributed by atoms with van der Waals surface area (Å²) >= 11 is 0. The summed E-state index contributed by atoms with van der Waals surface area (Å²) in [6.45, 7) is 0.227. The van der Waals surface area contributed by atoms with Crippen LogP contribution in [0.15, 0.2) is 28.1 Å². The third kappa shape index (κ3) is 2.13. The van der Waals surface area contributed by atoms with Gasteiger partial charge in [0.05, 0.1) is 17.7 Å². The van der Waals surface area contributed by atoms with Crippen LogP contribution in [0.2, 0.25) is 0 Å². The molecule has 116 valence electrons. The van der Waals surface area contributed by atoms with E-state index in [0.29, 0.717) is 34.7 Å². The van der Waals surface area contributed by atoms with Gasteiger partial charge in [-0.1, -0.05) is 5.16 Å². The van der Waals surface area contributed by atoms with E-state index in [0.717, 1.165) is 6.26 Å². The maximum atomic E-state index is 11.1. The smallest absolute Gasteiger partial charge is 0.264 e. The number of rotatable bonds is 3. The zero-order chi connectivity index (χ0) is 15.3. The van der Waals surface area contributed by atoms with Crippen LogP contribution in [-0.2, 0) is 19.1 Å². The third-order valence-electron chi connectivity index (χ3n) is 3.67. The standard InChI is InChI=1S/C13H12N2O6S/c1-22(16,17)20-5-10-7-4-18-9-3-2-8-13(19-6-14-8)11(9)12(7)15-21-10/h2-3,6-7,10H,4-5H2,1H3. The van der Waals surface area contributed by atoms with Gasteiger partial charge in [-0.15, -0.1) is 0 Å². The molecule has 2 aliphatic rings. The van der Waals surface area contributed by atoms with Crippen molar-refractivity contribution in [2.24, 2.45) is 11.1 Å². The van der Waals surface area contributed by atoms with Crippen molar-refractivity contribution in [3.8, 4) is 5.75 Å². The lowest BCUT2D eigenvalue weighted by Crippen LogP contribution is -2.36. The van der Waals surface area contributed by atoms with Crippen molar-refractivity contribution in [3.05, 3.63) is 24.1 Å². The predicted molar refractivity (Wildman–Crippen MR) is 75.2 cm³/mol. The van der Waals surface area contributed by atoms with Gasteiger partial charge in [0.1, 0.15) is 30.2 Å². The Morgan fingerprint density at radius 1 is 1.41 bits per heavy atom. The van der Waals surface area contributed by atoms with Gasteiger partial charge in [0, 0.05) is 0 Å². The van der Waals surface area contributed by atoms with Crippen molar-refractivity contribution in [3.63, 3.8) is 0 Å². The fourth-order valence-corrected chi connectivity index (χ4v) is 3.03. The number of ether oxygens (including phenoxy) is 1. The van der Waals surface area contributed by atoms with E-state index in [1.54, 1.807) is 12.1 Å². The van der Waals surface area contributed by atoms with Crippen LogP contribution in [0.1, 0.15) is 5.56 Å². The molecule has 2 aliphatic heterocycles. The average Bonchev–Trinajstić information content (AvgIpc) is 3.10. The number of nitrogens with zero attached hydrogens (tertiary/aromatic N) is 2. The third-order valence-corrected chi connectivity index (χ3v) is 4.23. The second-order valence-corrected chi connectivity index (χ2v) is 6.81. The normalized spacial score (nSPS) is 23.4. The molecule has 0 aliphatic carbocycles. The average molecular weight is 324 g/mol. The maximum Gasteiger partial charge on any atom is 0.264 e. The summed E-state index contributed by atoms with van der Waals surface area (Å²) in [7, 11) is -3.54. The minimum Gasteiger partial charge on any atom is -0.492 e. The Labute approximate surface area is 125 Å². The molecule has 0 saturated carbocycles. The molecule has 1 aromatic carbocycles. The van der Waals surface area contributed by atoms with Crippen molar-refractivity contribution in [1.29, 1.82) is 0 Å². The van der Waals surface area contributed by atoms with Gasteiger partial charge in [0.25, 0.3) is 10.1 Å². The van der Waals surface area contributed by atoms with E-state index < -0.39 is 16.2 Å². The van der Waals surface area contributed by atoms with Gasteiger partial charge in [-0.05, 0) is 12.1 Å². The van der Waals surface area contributed by atoms with Crippen LogP contribution in [0.3, 0.4) is 0 Å². The molecule has 0 amide bonds. The van der Waals surface area contributed by atoms with Gasteiger partial charge < -0.3 is 14.0 Å². The molecule has 0 radical (unpaired) electrons. The largest absolute Gasteiger partial charge is 0.492 e. The number of oxazole rings is 1. The zero-order valence-corrected chi connectivity index (χ0v) is 12.4. The zero-order valence-electron chi connectivity index (χ0n) is 11.6. The topological polar surface area (TPSA) is 100 Å². The number of hydrogen-bond donors (Lipinski definition) is 0. The van der Waals surface area contributed by atoms with Crippen LogP contribution in [0.4, 0.5) is 0 Å². The summed E-state index contributed by atoms with van der Waals surface area (Å²) < 4.78 is 38.2. The Morgan fingerprint density at radius 3 is 3.09 bits per heavy atom. The Morgan fingerprint density at radius 2 is 2.27 bits per heavy atom. The van der Waals surface area contributed by atoms with Crippen LogP contribution >= 0.6 is 0 Å². The lowest BCUT2D eigenvalue weighted by atomic mass is 9.90. The highest BCUT2D eigenvalue weighted by molar-refractivity contribution is 7.85. The SMILES string of the molecule is CS(=O)(=O)OCC1ON=C2c3c(ccc4ncoc34)OCC21. The first-order valence-corrected chi connectivity index (χ1v) is 8.42. The molecule has 0 saturated heterocycles. The van der Waals surface area contributed by atoms with Crippen LogP contribution in [0.25, 0.3) is 11.1 Å². The van der Waals surface area contributed by atoms with Gasteiger partial charge in [-0.2, -0.15) is 8.42 Å². The second kappa shape index (κ2) is 4.68. The molecular formula is C13H12N2O6S. The molecule has 2 aromatic rings. The molecule has 3 heterocycles. The number of fused-ring (bicyclic) bond motifs is 5. The first kappa shape index (κ1) is 13.5. The van der Waals surface area contributed by atoms with Gasteiger partial charge in [0.2, 0.25) is 0 Å².